The van der Waals surface area contributed by atoms with E-state index in [0.717, 1.165) is 19.4 Å². The number of hydrogen-bond acceptors (Lipinski definition) is 8. The van der Waals surface area contributed by atoms with E-state index >= 15 is 0 Å². The van der Waals surface area contributed by atoms with Crippen LogP contribution in [-0.4, -0.2) is 71.3 Å². The van der Waals surface area contributed by atoms with Gasteiger partial charge in [-0.05, 0) is 68.1 Å². The normalized spacial score (nSPS) is 33.4. The van der Waals surface area contributed by atoms with Crippen LogP contribution in [0.3, 0.4) is 0 Å². The van der Waals surface area contributed by atoms with E-state index in [9.17, 15) is 10.2 Å². The lowest BCUT2D eigenvalue weighted by molar-refractivity contribution is -0.0549. The van der Waals surface area contributed by atoms with Crippen molar-refractivity contribution in [3.05, 3.63) is 34.9 Å². The van der Waals surface area contributed by atoms with Crippen molar-refractivity contribution in [2.75, 3.05) is 26.3 Å². The molecule has 2 aliphatic heterocycles. The molecule has 0 amide bonds. The molecule has 8 heteroatoms. The number of benzene rings is 1. The fraction of sp³-hybridized carbons (Fsp3) is 0.786. The van der Waals surface area contributed by atoms with Crippen molar-refractivity contribution in [2.24, 2.45) is 11.8 Å². The summed E-state index contributed by atoms with van der Waals surface area (Å²) in [5.41, 5.74) is 4.00. The van der Waals surface area contributed by atoms with Gasteiger partial charge >= 0.3 is 0 Å². The van der Waals surface area contributed by atoms with E-state index in [0.29, 0.717) is 30.2 Å². The van der Waals surface area contributed by atoms with Gasteiger partial charge in [-0.15, -0.1) is 0 Å². The number of ether oxygens (including phenoxy) is 1. The second kappa shape index (κ2) is 13.4. The van der Waals surface area contributed by atoms with Gasteiger partial charge in [0, 0.05) is 36.8 Å². The van der Waals surface area contributed by atoms with E-state index in [-0.39, 0.29) is 31.2 Å². The van der Waals surface area contributed by atoms with Crippen molar-refractivity contribution in [1.82, 2.24) is 20.3 Å². The fourth-order valence-electron chi connectivity index (χ4n) is 6.35. The van der Waals surface area contributed by atoms with E-state index in [4.69, 9.17) is 4.74 Å². The quantitative estimate of drug-likeness (QED) is 0.365. The molecule has 2 saturated heterocycles. The van der Waals surface area contributed by atoms with Gasteiger partial charge in [0.15, 0.2) is 0 Å². The number of nitrogens with zero attached hydrogens (tertiary/aromatic N) is 1. The van der Waals surface area contributed by atoms with Crippen LogP contribution in [0.1, 0.15) is 75.1 Å². The van der Waals surface area contributed by atoms with Crippen LogP contribution < -0.4 is 15.4 Å². The van der Waals surface area contributed by atoms with Crippen molar-refractivity contribution in [3.63, 3.8) is 0 Å². The van der Waals surface area contributed by atoms with E-state index in [1.807, 2.05) is 11.9 Å². The molecule has 3 fully saturated rings. The van der Waals surface area contributed by atoms with Gasteiger partial charge in [-0.1, -0.05) is 50.4 Å². The Balaban J connectivity index is 1.59. The smallest absolute Gasteiger partial charge is 0.123 e. The Kier molecular flexibility index (Phi) is 10.5. The average Bonchev–Trinajstić information content (AvgIpc) is 2.84. The Morgan fingerprint density at radius 3 is 2.64 bits per heavy atom. The van der Waals surface area contributed by atoms with Crippen LogP contribution in [0.15, 0.2) is 18.2 Å². The number of aliphatic hydroxyl groups excluding tert-OH is 2. The number of aliphatic hydroxyl groups is 2. The third-order valence-electron chi connectivity index (χ3n) is 8.05. The molecular formula is C28H48N4O3S. The van der Waals surface area contributed by atoms with Crippen LogP contribution in [0.5, 0.6) is 0 Å². The number of rotatable bonds is 6. The minimum Gasteiger partial charge on any atom is -0.394 e. The van der Waals surface area contributed by atoms with Crippen LogP contribution in [0.25, 0.3) is 0 Å². The van der Waals surface area contributed by atoms with Crippen molar-refractivity contribution < 1.29 is 14.9 Å². The number of nitrogens with one attached hydrogen (secondary N) is 3. The molecule has 0 radical (unpaired) electrons. The second-order valence-electron chi connectivity index (χ2n) is 11.6. The summed E-state index contributed by atoms with van der Waals surface area (Å²) in [5.74, 6) is 1.12. The molecular weight excluding hydrogens is 472 g/mol. The molecule has 3 aliphatic rings. The molecule has 0 aromatic heterocycles. The molecule has 1 aliphatic carbocycles. The summed E-state index contributed by atoms with van der Waals surface area (Å²) in [7, 11) is 0. The molecule has 1 saturated carbocycles. The Labute approximate surface area is 222 Å². The summed E-state index contributed by atoms with van der Waals surface area (Å²) < 4.78 is 10.3. The van der Waals surface area contributed by atoms with Gasteiger partial charge in [0.05, 0.1) is 19.3 Å². The second-order valence-corrected chi connectivity index (χ2v) is 12.8. The van der Waals surface area contributed by atoms with Gasteiger partial charge in [-0.3, -0.25) is 15.5 Å². The Morgan fingerprint density at radius 1 is 1.14 bits per heavy atom. The number of fused-ring (bicyclic) bond motifs is 4. The summed E-state index contributed by atoms with van der Waals surface area (Å²) in [6, 6.07) is 6.95. The highest BCUT2D eigenvalue weighted by Gasteiger charge is 2.34. The predicted molar refractivity (Wildman–Crippen MR) is 147 cm³/mol. The zero-order valence-electron chi connectivity index (χ0n) is 22.6. The third-order valence-corrected chi connectivity index (χ3v) is 9.18. The van der Waals surface area contributed by atoms with Crippen molar-refractivity contribution in [1.29, 1.82) is 0 Å². The molecule has 1 aromatic carbocycles. The zero-order valence-corrected chi connectivity index (χ0v) is 23.4. The largest absolute Gasteiger partial charge is 0.394 e. The van der Waals surface area contributed by atoms with E-state index in [1.165, 1.54) is 42.4 Å². The van der Waals surface area contributed by atoms with E-state index in [1.54, 1.807) is 0 Å². The maximum atomic E-state index is 10.4. The third kappa shape index (κ3) is 7.67. The fourth-order valence-corrected chi connectivity index (χ4v) is 7.47. The van der Waals surface area contributed by atoms with E-state index < -0.39 is 6.10 Å². The molecule has 5 unspecified atom stereocenters. The minimum absolute atomic E-state index is 0.0326. The zero-order chi connectivity index (χ0) is 25.7. The minimum atomic E-state index is -0.722. The standard InChI is InChI=1S/C28H48N4O3S/c1-18(2)11-22-17-35-26-13-25(27-19(3)7-5-8-20(27)4)29-28(30-26)31-36-24-10-6-9-21(12-24)14-32(22)15-23(34)16-33/h5,7-8,18,21-26,28-31,33-34H,6,9-17H2,1-4H3/t21?,22-,23-,24?,25?,26?,28?/m1/s1. The number of hydrogen-bond donors (Lipinski definition) is 5. The van der Waals surface area contributed by atoms with Crippen molar-refractivity contribution >= 4 is 11.9 Å². The van der Waals surface area contributed by atoms with Gasteiger partial charge in [0.2, 0.25) is 0 Å². The lowest BCUT2D eigenvalue weighted by Crippen LogP contribution is -2.61. The average molecular weight is 521 g/mol. The summed E-state index contributed by atoms with van der Waals surface area (Å²) in [5, 5.41) is 28.1. The predicted octanol–water partition coefficient (Wildman–Crippen LogP) is 3.43. The van der Waals surface area contributed by atoms with Crippen LogP contribution >= 0.6 is 11.9 Å². The van der Waals surface area contributed by atoms with Crippen molar-refractivity contribution in [3.8, 4) is 0 Å². The number of β-amino-alcohol motifs (C(OH)–C–C–N with tert-alkyl or cyclic N) is 1. The maximum absolute atomic E-state index is 10.4. The molecule has 0 spiro atoms. The Morgan fingerprint density at radius 2 is 1.92 bits per heavy atom. The molecule has 4 bridgehead atoms. The molecule has 5 N–H and O–H groups in total. The lowest BCUT2D eigenvalue weighted by atomic mass is 9.87. The SMILES string of the molecule is Cc1cccc(C)c1C1CC2NC(NSC3CCCC(C3)CN(C[C@@H](O)CO)[C@H](CC(C)C)CO2)N1. The first-order chi connectivity index (χ1) is 17.3. The van der Waals surface area contributed by atoms with Gasteiger partial charge in [-0.25, -0.2) is 4.72 Å². The lowest BCUT2D eigenvalue weighted by Gasteiger charge is -2.40. The van der Waals surface area contributed by atoms with Gasteiger partial charge < -0.3 is 14.9 Å². The van der Waals surface area contributed by atoms with Crippen LogP contribution in [0.2, 0.25) is 0 Å². The molecule has 7 atom stereocenters. The maximum Gasteiger partial charge on any atom is 0.123 e. The first-order valence-electron chi connectivity index (χ1n) is 14.0. The monoisotopic (exact) mass is 520 g/mol. The molecule has 2 heterocycles. The van der Waals surface area contributed by atoms with E-state index in [2.05, 4.69) is 66.1 Å². The highest BCUT2D eigenvalue weighted by molar-refractivity contribution is 7.98. The van der Waals surface area contributed by atoms with Crippen LogP contribution in [0.4, 0.5) is 0 Å². The Bertz CT molecular complexity index is 808. The summed E-state index contributed by atoms with van der Waals surface area (Å²) >= 11 is 1.86. The molecule has 7 nitrogen and oxygen atoms in total. The molecule has 1 aromatic rings. The van der Waals surface area contributed by atoms with Gasteiger partial charge in [0.25, 0.3) is 0 Å². The highest BCUT2D eigenvalue weighted by atomic mass is 32.2. The van der Waals surface area contributed by atoms with Crippen LogP contribution in [-0.2, 0) is 4.74 Å². The van der Waals surface area contributed by atoms with Gasteiger partial charge in [-0.2, -0.15) is 0 Å². The number of aryl methyl sites for hydroxylation is 2. The topological polar surface area (TPSA) is 89.0 Å². The highest BCUT2D eigenvalue weighted by Crippen LogP contribution is 2.34. The first kappa shape index (κ1) is 28.3. The van der Waals surface area contributed by atoms with Gasteiger partial charge in [0.1, 0.15) is 12.5 Å². The first-order valence-corrected chi connectivity index (χ1v) is 14.8. The summed E-state index contributed by atoms with van der Waals surface area (Å²) in [6.07, 6.45) is 5.91. The molecule has 36 heavy (non-hydrogen) atoms. The summed E-state index contributed by atoms with van der Waals surface area (Å²) in [6.45, 7) is 10.8. The molecule has 204 valence electrons. The summed E-state index contributed by atoms with van der Waals surface area (Å²) in [4.78, 5) is 2.42. The Hall–Kier alpha value is -0.710. The molecule has 4 rings (SSSR count). The van der Waals surface area contributed by atoms with Crippen LogP contribution in [0, 0.1) is 25.7 Å². The van der Waals surface area contributed by atoms with Crippen molar-refractivity contribution in [2.45, 2.75) is 102 Å².